The molecule has 0 aromatic heterocycles. The molecule has 0 spiro atoms. The van der Waals surface area contributed by atoms with Crippen LogP contribution in [0.2, 0.25) is 0 Å². The molecule has 1 heterocycles. The van der Waals surface area contributed by atoms with Crippen molar-refractivity contribution in [1.82, 2.24) is 5.32 Å². The Morgan fingerprint density at radius 3 is 2.22 bits per heavy atom. The molecule has 0 atom stereocenters. The lowest BCUT2D eigenvalue weighted by Gasteiger charge is -2.19. The third kappa shape index (κ3) is 3.39. The molecule has 3 heteroatoms. The van der Waals surface area contributed by atoms with Gasteiger partial charge in [0.25, 0.3) is 5.91 Å². The van der Waals surface area contributed by atoms with Crippen LogP contribution in [-0.4, -0.2) is 11.7 Å². The molecular formula is C20H20N2O. The molecule has 0 fully saturated rings. The fraction of sp³-hybridized carbons (Fsp3) is 0.200. The van der Waals surface area contributed by atoms with Crippen LogP contribution in [0.15, 0.2) is 65.3 Å². The largest absolute Gasteiger partial charge is 0.305 e. The number of amides is 1. The minimum atomic E-state index is -0.163. The zero-order valence-electron chi connectivity index (χ0n) is 13.6. The third-order valence-corrected chi connectivity index (χ3v) is 3.82. The molecule has 0 saturated carbocycles. The van der Waals surface area contributed by atoms with Gasteiger partial charge in [-0.2, -0.15) is 0 Å². The highest BCUT2D eigenvalue weighted by molar-refractivity contribution is 6.19. The SMILES string of the molecule is CC(C)(C)c1ccc(C2=N/C(=C/c3ccccc3)C(=O)N2)cc1. The predicted octanol–water partition coefficient (Wildman–Crippen LogP) is 3.90. The quantitative estimate of drug-likeness (QED) is 0.840. The van der Waals surface area contributed by atoms with Gasteiger partial charge in [0.15, 0.2) is 0 Å². The molecule has 0 aliphatic carbocycles. The van der Waals surface area contributed by atoms with Crippen molar-refractivity contribution >= 4 is 17.8 Å². The van der Waals surface area contributed by atoms with Crippen LogP contribution in [0.25, 0.3) is 6.08 Å². The van der Waals surface area contributed by atoms with E-state index in [0.717, 1.165) is 11.1 Å². The Labute approximate surface area is 136 Å². The van der Waals surface area contributed by atoms with Crippen LogP contribution in [0.4, 0.5) is 0 Å². The van der Waals surface area contributed by atoms with Crippen LogP contribution in [0.5, 0.6) is 0 Å². The van der Waals surface area contributed by atoms with Crippen LogP contribution in [-0.2, 0) is 10.2 Å². The summed E-state index contributed by atoms with van der Waals surface area (Å²) in [6.45, 7) is 6.53. The van der Waals surface area contributed by atoms with E-state index in [1.165, 1.54) is 5.56 Å². The van der Waals surface area contributed by atoms with Gasteiger partial charge in [0, 0.05) is 5.56 Å². The predicted molar refractivity (Wildman–Crippen MR) is 94.2 cm³/mol. The maximum absolute atomic E-state index is 12.1. The number of nitrogens with zero attached hydrogens (tertiary/aromatic N) is 1. The Balaban J connectivity index is 1.88. The highest BCUT2D eigenvalue weighted by atomic mass is 16.2. The van der Waals surface area contributed by atoms with Gasteiger partial charge >= 0.3 is 0 Å². The average Bonchev–Trinajstić information content (AvgIpc) is 2.89. The van der Waals surface area contributed by atoms with Crippen LogP contribution < -0.4 is 5.32 Å². The Morgan fingerprint density at radius 1 is 0.957 bits per heavy atom. The summed E-state index contributed by atoms with van der Waals surface area (Å²) in [5.41, 5.74) is 3.68. The van der Waals surface area contributed by atoms with Gasteiger partial charge in [0.05, 0.1) is 0 Å². The molecule has 1 amide bonds. The number of amidine groups is 1. The zero-order valence-corrected chi connectivity index (χ0v) is 13.6. The smallest absolute Gasteiger partial charge is 0.275 e. The minimum absolute atomic E-state index is 0.109. The number of aliphatic imine (C=N–C) groups is 1. The summed E-state index contributed by atoms with van der Waals surface area (Å²) >= 11 is 0. The number of nitrogens with one attached hydrogen (secondary N) is 1. The van der Waals surface area contributed by atoms with Gasteiger partial charge < -0.3 is 5.32 Å². The molecule has 0 bridgehead atoms. The zero-order chi connectivity index (χ0) is 16.4. The number of rotatable bonds is 2. The number of benzene rings is 2. The van der Waals surface area contributed by atoms with Gasteiger partial charge in [0.1, 0.15) is 11.5 Å². The molecule has 3 rings (SSSR count). The van der Waals surface area contributed by atoms with Crippen molar-refractivity contribution in [2.45, 2.75) is 26.2 Å². The van der Waals surface area contributed by atoms with Crippen molar-refractivity contribution in [1.29, 1.82) is 0 Å². The monoisotopic (exact) mass is 304 g/mol. The first-order valence-corrected chi connectivity index (χ1v) is 7.71. The van der Waals surface area contributed by atoms with Crippen LogP contribution in [0.3, 0.4) is 0 Å². The van der Waals surface area contributed by atoms with Gasteiger partial charge in [-0.15, -0.1) is 0 Å². The third-order valence-electron chi connectivity index (χ3n) is 3.82. The van der Waals surface area contributed by atoms with E-state index >= 15 is 0 Å². The maximum Gasteiger partial charge on any atom is 0.275 e. The second-order valence-corrected chi connectivity index (χ2v) is 6.68. The van der Waals surface area contributed by atoms with Crippen molar-refractivity contribution in [3.8, 4) is 0 Å². The van der Waals surface area contributed by atoms with E-state index in [2.05, 4.69) is 43.2 Å². The molecule has 2 aromatic rings. The van der Waals surface area contributed by atoms with E-state index in [1.807, 2.05) is 42.5 Å². The lowest BCUT2D eigenvalue weighted by atomic mass is 9.86. The molecular weight excluding hydrogens is 284 g/mol. The summed E-state index contributed by atoms with van der Waals surface area (Å²) in [6.07, 6.45) is 1.80. The van der Waals surface area contributed by atoms with E-state index < -0.39 is 0 Å². The highest BCUT2D eigenvalue weighted by Gasteiger charge is 2.21. The van der Waals surface area contributed by atoms with Gasteiger partial charge in [-0.3, -0.25) is 4.79 Å². The summed E-state index contributed by atoms with van der Waals surface area (Å²) in [7, 11) is 0. The van der Waals surface area contributed by atoms with Crippen molar-refractivity contribution < 1.29 is 4.79 Å². The second kappa shape index (κ2) is 5.84. The van der Waals surface area contributed by atoms with Crippen molar-refractivity contribution in [2.75, 3.05) is 0 Å². The second-order valence-electron chi connectivity index (χ2n) is 6.68. The van der Waals surface area contributed by atoms with E-state index in [-0.39, 0.29) is 11.3 Å². The first kappa shape index (κ1) is 15.2. The molecule has 116 valence electrons. The summed E-state index contributed by atoms with van der Waals surface area (Å²) < 4.78 is 0. The summed E-state index contributed by atoms with van der Waals surface area (Å²) in [4.78, 5) is 16.5. The molecule has 23 heavy (non-hydrogen) atoms. The fourth-order valence-electron chi connectivity index (χ4n) is 2.44. The van der Waals surface area contributed by atoms with Crippen LogP contribution in [0, 0.1) is 0 Å². The number of hydrogen-bond acceptors (Lipinski definition) is 2. The molecule has 1 aliphatic heterocycles. The molecule has 0 unspecified atom stereocenters. The molecule has 1 aliphatic rings. The summed E-state index contributed by atoms with van der Waals surface area (Å²) in [5.74, 6) is 0.446. The van der Waals surface area contributed by atoms with E-state index in [1.54, 1.807) is 6.08 Å². The fourth-order valence-corrected chi connectivity index (χ4v) is 2.44. The molecule has 1 N–H and O–H groups in total. The molecule has 3 nitrogen and oxygen atoms in total. The van der Waals surface area contributed by atoms with Crippen molar-refractivity contribution in [3.05, 3.63) is 77.0 Å². The maximum atomic E-state index is 12.1. The van der Waals surface area contributed by atoms with Gasteiger partial charge in [0.2, 0.25) is 0 Å². The first-order valence-electron chi connectivity index (χ1n) is 7.71. The summed E-state index contributed by atoms with van der Waals surface area (Å²) in [6, 6.07) is 17.9. The Bertz CT molecular complexity index is 779. The van der Waals surface area contributed by atoms with E-state index in [0.29, 0.717) is 11.5 Å². The standard InChI is InChI=1S/C20H20N2O/c1-20(2,3)16-11-9-15(10-12-16)18-21-17(19(23)22-18)13-14-7-5-4-6-8-14/h4-13H,1-3H3,(H,21,22,23)/b17-13+. The van der Waals surface area contributed by atoms with Gasteiger partial charge in [-0.05, 0) is 22.6 Å². The lowest BCUT2D eigenvalue weighted by Crippen LogP contribution is -2.24. The normalized spacial score (nSPS) is 16.4. The molecule has 2 aromatic carbocycles. The van der Waals surface area contributed by atoms with Gasteiger partial charge in [-0.25, -0.2) is 4.99 Å². The van der Waals surface area contributed by atoms with Crippen LogP contribution in [0.1, 0.15) is 37.5 Å². The van der Waals surface area contributed by atoms with Crippen molar-refractivity contribution in [3.63, 3.8) is 0 Å². The lowest BCUT2D eigenvalue weighted by molar-refractivity contribution is -0.115. The summed E-state index contributed by atoms with van der Waals surface area (Å²) in [5, 5.41) is 2.84. The molecule has 0 saturated heterocycles. The van der Waals surface area contributed by atoms with Gasteiger partial charge in [-0.1, -0.05) is 75.4 Å². The Kier molecular flexibility index (Phi) is 3.87. The van der Waals surface area contributed by atoms with Crippen molar-refractivity contribution in [2.24, 2.45) is 4.99 Å². The highest BCUT2D eigenvalue weighted by Crippen LogP contribution is 2.23. The number of hydrogen-bond donors (Lipinski definition) is 1. The first-order chi connectivity index (χ1) is 10.9. The Hall–Kier alpha value is -2.68. The Morgan fingerprint density at radius 2 is 1.61 bits per heavy atom. The van der Waals surface area contributed by atoms with E-state index in [9.17, 15) is 4.79 Å². The minimum Gasteiger partial charge on any atom is -0.305 e. The topological polar surface area (TPSA) is 41.5 Å². The number of carbonyl (C=O) groups excluding carboxylic acids is 1. The van der Waals surface area contributed by atoms with E-state index in [4.69, 9.17) is 0 Å². The van der Waals surface area contributed by atoms with Crippen LogP contribution >= 0.6 is 0 Å². The average molecular weight is 304 g/mol. The number of carbonyl (C=O) groups is 1. The molecule has 0 radical (unpaired) electrons.